The van der Waals surface area contributed by atoms with Crippen LogP contribution in [0.2, 0.25) is 0 Å². The molecule has 4 rings (SSSR count). The molecule has 0 spiro atoms. The molecule has 1 aromatic carbocycles. The van der Waals surface area contributed by atoms with Crippen molar-refractivity contribution in [1.82, 2.24) is 0 Å². The van der Waals surface area contributed by atoms with Gasteiger partial charge in [-0.2, -0.15) is 0 Å². The predicted molar refractivity (Wildman–Crippen MR) is 115 cm³/mol. The molecule has 3 saturated carbocycles. The third-order valence-corrected chi connectivity index (χ3v) is 6.45. The molecule has 2 unspecified atom stereocenters. The Morgan fingerprint density at radius 3 is 2.31 bits per heavy atom. The Balaban J connectivity index is 0.00000121. The van der Waals surface area contributed by atoms with Crippen molar-refractivity contribution in [2.24, 2.45) is 23.5 Å². The molecule has 3 aliphatic rings. The van der Waals surface area contributed by atoms with Crippen LogP contribution in [0.25, 0.3) is 0 Å². The fourth-order valence-electron chi connectivity index (χ4n) is 4.43. The van der Waals surface area contributed by atoms with E-state index >= 15 is 0 Å². The molecule has 0 heterocycles. The smallest absolute Gasteiger partial charge is 0.227 e. The molecular formula is C19H28BrCl2N3O. The number of carbonyl (C=O) groups excluding carboxylic acids is 1. The van der Waals surface area contributed by atoms with Gasteiger partial charge in [0.15, 0.2) is 0 Å². The number of fused-ring (bicyclic) bond motifs is 2. The third kappa shape index (κ3) is 4.86. The van der Waals surface area contributed by atoms with E-state index in [-0.39, 0.29) is 36.6 Å². The molecule has 26 heavy (non-hydrogen) atoms. The lowest BCUT2D eigenvalue weighted by molar-refractivity contribution is -0.122. The minimum atomic E-state index is 0. The number of hydrogen-bond acceptors (Lipinski definition) is 3. The van der Waals surface area contributed by atoms with E-state index in [4.69, 9.17) is 5.73 Å². The van der Waals surface area contributed by atoms with Crippen molar-refractivity contribution in [3.05, 3.63) is 22.7 Å². The molecule has 3 fully saturated rings. The van der Waals surface area contributed by atoms with Crippen molar-refractivity contribution in [2.45, 2.75) is 57.0 Å². The van der Waals surface area contributed by atoms with Crippen molar-refractivity contribution in [3.63, 3.8) is 0 Å². The zero-order valence-corrected chi connectivity index (χ0v) is 18.0. The first-order valence-electron chi connectivity index (χ1n) is 9.22. The normalized spacial score (nSPS) is 29.8. The molecule has 2 atom stereocenters. The highest BCUT2D eigenvalue weighted by atomic mass is 79.9. The number of amides is 1. The summed E-state index contributed by atoms with van der Waals surface area (Å²) < 4.78 is 0.988. The molecule has 4 N–H and O–H groups in total. The predicted octanol–water partition coefficient (Wildman–Crippen LogP) is 4.96. The van der Waals surface area contributed by atoms with E-state index in [1.54, 1.807) is 0 Å². The zero-order chi connectivity index (χ0) is 16.7. The summed E-state index contributed by atoms with van der Waals surface area (Å²) >= 11 is 3.52. The van der Waals surface area contributed by atoms with E-state index in [9.17, 15) is 4.79 Å². The molecular weight excluding hydrogens is 437 g/mol. The first-order chi connectivity index (χ1) is 11.6. The van der Waals surface area contributed by atoms with Gasteiger partial charge in [-0.25, -0.2) is 0 Å². The highest BCUT2D eigenvalue weighted by molar-refractivity contribution is 9.10. The summed E-state index contributed by atoms with van der Waals surface area (Å²) in [5, 5.41) is 6.70. The minimum absolute atomic E-state index is 0. The lowest BCUT2D eigenvalue weighted by Gasteiger charge is -2.43. The van der Waals surface area contributed by atoms with Gasteiger partial charge in [0.1, 0.15) is 0 Å². The molecule has 2 bridgehead atoms. The van der Waals surface area contributed by atoms with E-state index in [0.717, 1.165) is 28.7 Å². The monoisotopic (exact) mass is 463 g/mol. The van der Waals surface area contributed by atoms with Crippen LogP contribution < -0.4 is 16.4 Å². The fraction of sp³-hybridized carbons (Fsp3) is 0.632. The van der Waals surface area contributed by atoms with Gasteiger partial charge in [0.2, 0.25) is 5.91 Å². The van der Waals surface area contributed by atoms with Crippen molar-refractivity contribution in [2.75, 3.05) is 10.6 Å². The summed E-state index contributed by atoms with van der Waals surface area (Å²) in [7, 11) is 0. The maximum atomic E-state index is 12.9. The molecule has 0 aromatic heterocycles. The molecule has 1 amide bonds. The maximum absolute atomic E-state index is 12.9. The summed E-state index contributed by atoms with van der Waals surface area (Å²) in [5.41, 5.74) is 8.28. The minimum Gasteiger partial charge on any atom is -0.381 e. The quantitative estimate of drug-likeness (QED) is 0.589. The first kappa shape index (κ1) is 21.8. The van der Waals surface area contributed by atoms with Gasteiger partial charge in [0.05, 0.1) is 11.4 Å². The number of nitrogens with two attached hydrogens (primary N) is 1. The Labute approximate surface area is 176 Å². The van der Waals surface area contributed by atoms with Gasteiger partial charge >= 0.3 is 0 Å². The third-order valence-electron chi connectivity index (χ3n) is 5.96. The van der Waals surface area contributed by atoms with E-state index < -0.39 is 0 Å². The largest absolute Gasteiger partial charge is 0.381 e. The van der Waals surface area contributed by atoms with Crippen LogP contribution in [0.3, 0.4) is 0 Å². The molecule has 7 heteroatoms. The van der Waals surface area contributed by atoms with Gasteiger partial charge in [-0.1, -0.05) is 22.4 Å². The van der Waals surface area contributed by atoms with Gasteiger partial charge in [-0.3, -0.25) is 4.79 Å². The van der Waals surface area contributed by atoms with Crippen molar-refractivity contribution < 1.29 is 4.79 Å². The SMILES string of the molecule is Cl.Cl.NC1C2CCCC1CC(C(=O)Nc1cc(Br)ccc1NC1CC1)C2. The summed E-state index contributed by atoms with van der Waals surface area (Å²) in [6.45, 7) is 0. The summed E-state index contributed by atoms with van der Waals surface area (Å²) in [6, 6.07) is 6.93. The topological polar surface area (TPSA) is 67.2 Å². The number of benzene rings is 1. The number of nitrogens with one attached hydrogen (secondary N) is 2. The van der Waals surface area contributed by atoms with Gasteiger partial charge < -0.3 is 16.4 Å². The van der Waals surface area contributed by atoms with Gasteiger partial charge in [-0.05, 0) is 68.6 Å². The summed E-state index contributed by atoms with van der Waals surface area (Å²) in [4.78, 5) is 12.9. The molecule has 4 nitrogen and oxygen atoms in total. The summed E-state index contributed by atoms with van der Waals surface area (Å²) in [6.07, 6.45) is 7.98. The van der Waals surface area contributed by atoms with E-state index in [1.807, 2.05) is 18.2 Å². The molecule has 0 aliphatic heterocycles. The van der Waals surface area contributed by atoms with Crippen molar-refractivity contribution in [3.8, 4) is 0 Å². The van der Waals surface area contributed by atoms with E-state index in [2.05, 4.69) is 26.6 Å². The average molecular weight is 465 g/mol. The zero-order valence-electron chi connectivity index (χ0n) is 14.7. The Bertz CT molecular complexity index is 627. The van der Waals surface area contributed by atoms with Gasteiger partial charge in [0.25, 0.3) is 0 Å². The van der Waals surface area contributed by atoms with Gasteiger partial charge in [-0.15, -0.1) is 24.8 Å². The van der Waals surface area contributed by atoms with Crippen LogP contribution in [-0.4, -0.2) is 18.0 Å². The molecule has 0 saturated heterocycles. The molecule has 3 aliphatic carbocycles. The van der Waals surface area contributed by atoms with Crippen LogP contribution in [0.15, 0.2) is 22.7 Å². The first-order valence-corrected chi connectivity index (χ1v) is 10.0. The van der Waals surface area contributed by atoms with Crippen LogP contribution in [0.1, 0.15) is 44.9 Å². The van der Waals surface area contributed by atoms with Crippen LogP contribution in [0.5, 0.6) is 0 Å². The number of carbonyl (C=O) groups is 1. The second kappa shape index (κ2) is 9.13. The molecule has 146 valence electrons. The number of rotatable bonds is 4. The van der Waals surface area contributed by atoms with Crippen LogP contribution in [0, 0.1) is 17.8 Å². The Kier molecular flexibility index (Phi) is 7.66. The summed E-state index contributed by atoms with van der Waals surface area (Å²) in [5.74, 6) is 1.32. The Morgan fingerprint density at radius 1 is 1.04 bits per heavy atom. The number of halogens is 3. The Morgan fingerprint density at radius 2 is 1.69 bits per heavy atom. The molecule has 1 aromatic rings. The average Bonchev–Trinajstić information content (AvgIpc) is 3.33. The highest BCUT2D eigenvalue weighted by Crippen LogP contribution is 2.42. The molecule has 0 radical (unpaired) electrons. The maximum Gasteiger partial charge on any atom is 0.227 e. The standard InChI is InChI=1S/C19H26BrN3O.2ClH/c20-14-4-7-16(22-15-5-6-15)17(10-14)23-19(24)13-8-11-2-1-3-12(9-13)18(11)21;;/h4,7,10-13,15,18,22H,1-3,5-6,8-9,21H2,(H,23,24);2*1H. The number of anilines is 2. The van der Waals surface area contributed by atoms with Crippen molar-refractivity contribution >= 4 is 58.0 Å². The number of hydrogen-bond donors (Lipinski definition) is 3. The van der Waals surface area contributed by atoms with Crippen molar-refractivity contribution in [1.29, 1.82) is 0 Å². The van der Waals surface area contributed by atoms with E-state index in [0.29, 0.717) is 23.9 Å². The van der Waals surface area contributed by atoms with Crippen LogP contribution in [-0.2, 0) is 4.79 Å². The van der Waals surface area contributed by atoms with Gasteiger partial charge in [0, 0.05) is 22.5 Å². The Hall–Kier alpha value is -0.490. The highest BCUT2D eigenvalue weighted by Gasteiger charge is 2.40. The fourth-order valence-corrected chi connectivity index (χ4v) is 4.79. The lowest BCUT2D eigenvalue weighted by Crippen LogP contribution is -2.48. The van der Waals surface area contributed by atoms with Crippen LogP contribution in [0.4, 0.5) is 11.4 Å². The van der Waals surface area contributed by atoms with Crippen LogP contribution >= 0.6 is 40.7 Å². The lowest BCUT2D eigenvalue weighted by atomic mass is 9.65. The van der Waals surface area contributed by atoms with E-state index in [1.165, 1.54) is 32.1 Å². The second-order valence-corrected chi connectivity index (χ2v) is 8.71. The second-order valence-electron chi connectivity index (χ2n) is 7.79.